The summed E-state index contributed by atoms with van der Waals surface area (Å²) in [6.45, 7) is 7.45. The molecule has 1 aliphatic heterocycles. The molecule has 1 fully saturated rings. The number of amides is 1. The summed E-state index contributed by atoms with van der Waals surface area (Å²) in [7, 11) is 1.88. The Morgan fingerprint density at radius 1 is 1.55 bits per heavy atom. The van der Waals surface area contributed by atoms with E-state index in [0.29, 0.717) is 13.2 Å². The van der Waals surface area contributed by atoms with Crippen molar-refractivity contribution in [3.63, 3.8) is 0 Å². The predicted molar refractivity (Wildman–Crippen MR) is 78.2 cm³/mol. The highest BCUT2D eigenvalue weighted by Gasteiger charge is 2.34. The van der Waals surface area contributed by atoms with Gasteiger partial charge in [0.05, 0.1) is 5.60 Å². The van der Waals surface area contributed by atoms with Crippen LogP contribution in [0.2, 0.25) is 0 Å². The second-order valence-corrected chi connectivity index (χ2v) is 6.29. The maximum atomic E-state index is 12.6. The van der Waals surface area contributed by atoms with Crippen LogP contribution in [0.1, 0.15) is 37.8 Å². The van der Waals surface area contributed by atoms with Crippen molar-refractivity contribution in [2.45, 2.75) is 45.8 Å². The number of carbonyl (C=O) groups excluding carboxylic acids is 1. The number of ether oxygens (including phenoxy) is 1. The topological polar surface area (TPSA) is 42.4 Å². The van der Waals surface area contributed by atoms with E-state index in [4.69, 9.17) is 4.74 Å². The highest BCUT2D eigenvalue weighted by Crippen LogP contribution is 2.29. The van der Waals surface area contributed by atoms with E-state index in [1.54, 1.807) is 6.20 Å². The van der Waals surface area contributed by atoms with Crippen molar-refractivity contribution in [2.24, 2.45) is 5.92 Å². The van der Waals surface area contributed by atoms with Gasteiger partial charge in [0.15, 0.2) is 0 Å². The van der Waals surface area contributed by atoms with Crippen LogP contribution < -0.4 is 0 Å². The van der Waals surface area contributed by atoms with Crippen LogP contribution in [0, 0.1) is 12.8 Å². The standard InChI is InChI=1S/C16H24N2O2/c1-12-10-17-7-5-14(12)11-18(4)15(19)13-6-8-20-16(2,3)9-13/h5,7,10,13H,6,8-9,11H2,1-4H3. The lowest BCUT2D eigenvalue weighted by molar-refractivity contribution is -0.144. The van der Waals surface area contributed by atoms with Gasteiger partial charge in [-0.25, -0.2) is 0 Å². The lowest BCUT2D eigenvalue weighted by Gasteiger charge is -2.36. The highest BCUT2D eigenvalue weighted by molar-refractivity contribution is 5.78. The lowest BCUT2D eigenvalue weighted by atomic mass is 9.87. The SMILES string of the molecule is Cc1cnccc1CN(C)C(=O)C1CCOC(C)(C)C1. The molecule has 0 aliphatic carbocycles. The van der Waals surface area contributed by atoms with Gasteiger partial charge in [0.1, 0.15) is 0 Å². The van der Waals surface area contributed by atoms with E-state index in [1.807, 2.05) is 31.1 Å². The number of aromatic nitrogens is 1. The first-order valence-corrected chi connectivity index (χ1v) is 7.17. The molecule has 1 aromatic heterocycles. The van der Waals surface area contributed by atoms with E-state index >= 15 is 0 Å². The summed E-state index contributed by atoms with van der Waals surface area (Å²) in [4.78, 5) is 18.5. The van der Waals surface area contributed by atoms with Gasteiger partial charge >= 0.3 is 0 Å². The van der Waals surface area contributed by atoms with Gasteiger partial charge in [-0.1, -0.05) is 0 Å². The molecule has 1 aromatic rings. The molecular formula is C16H24N2O2. The number of nitrogens with zero attached hydrogens (tertiary/aromatic N) is 2. The van der Waals surface area contributed by atoms with Gasteiger partial charge in [-0.2, -0.15) is 0 Å². The molecule has 1 unspecified atom stereocenters. The van der Waals surface area contributed by atoms with E-state index in [1.165, 1.54) is 0 Å². The Hall–Kier alpha value is -1.42. The monoisotopic (exact) mass is 276 g/mol. The highest BCUT2D eigenvalue weighted by atomic mass is 16.5. The molecule has 1 saturated heterocycles. The minimum atomic E-state index is -0.188. The van der Waals surface area contributed by atoms with Crippen molar-refractivity contribution in [3.05, 3.63) is 29.6 Å². The van der Waals surface area contributed by atoms with Crippen molar-refractivity contribution < 1.29 is 9.53 Å². The second-order valence-electron chi connectivity index (χ2n) is 6.29. The third kappa shape index (κ3) is 3.57. The second kappa shape index (κ2) is 5.92. The summed E-state index contributed by atoms with van der Waals surface area (Å²) >= 11 is 0. The molecule has 2 heterocycles. The molecule has 20 heavy (non-hydrogen) atoms. The van der Waals surface area contributed by atoms with Crippen LogP contribution in [0.5, 0.6) is 0 Å². The first kappa shape index (κ1) is 15.0. The fourth-order valence-electron chi connectivity index (χ4n) is 2.77. The van der Waals surface area contributed by atoms with Crippen molar-refractivity contribution in [3.8, 4) is 0 Å². The quantitative estimate of drug-likeness (QED) is 0.852. The van der Waals surface area contributed by atoms with Crippen LogP contribution >= 0.6 is 0 Å². The summed E-state index contributed by atoms with van der Waals surface area (Å²) in [5.41, 5.74) is 2.09. The summed E-state index contributed by atoms with van der Waals surface area (Å²) in [6, 6.07) is 1.98. The molecule has 1 amide bonds. The molecule has 1 aliphatic rings. The Bertz CT molecular complexity index is 485. The predicted octanol–water partition coefficient (Wildman–Crippen LogP) is 2.55. The third-order valence-electron chi connectivity index (χ3n) is 3.97. The summed E-state index contributed by atoms with van der Waals surface area (Å²) in [6.07, 6.45) is 5.23. The summed E-state index contributed by atoms with van der Waals surface area (Å²) in [5.74, 6) is 0.295. The number of carbonyl (C=O) groups is 1. The maximum Gasteiger partial charge on any atom is 0.225 e. The van der Waals surface area contributed by atoms with E-state index < -0.39 is 0 Å². The van der Waals surface area contributed by atoms with Crippen molar-refractivity contribution >= 4 is 5.91 Å². The van der Waals surface area contributed by atoms with Crippen LogP contribution in [0.3, 0.4) is 0 Å². The van der Waals surface area contributed by atoms with Crippen LogP contribution in [0.25, 0.3) is 0 Å². The van der Waals surface area contributed by atoms with Crippen LogP contribution in [0.4, 0.5) is 0 Å². The molecule has 0 spiro atoms. The Morgan fingerprint density at radius 2 is 2.30 bits per heavy atom. The van der Waals surface area contributed by atoms with E-state index in [2.05, 4.69) is 18.8 Å². The molecule has 4 heteroatoms. The normalized spacial score (nSPS) is 21.5. The van der Waals surface area contributed by atoms with Gasteiger partial charge < -0.3 is 9.64 Å². The smallest absolute Gasteiger partial charge is 0.225 e. The number of hydrogen-bond acceptors (Lipinski definition) is 3. The largest absolute Gasteiger partial charge is 0.376 e. The molecule has 0 saturated carbocycles. The average molecular weight is 276 g/mol. The summed E-state index contributed by atoms with van der Waals surface area (Å²) in [5, 5.41) is 0. The molecule has 1 atom stereocenters. The molecule has 0 aromatic carbocycles. The minimum Gasteiger partial charge on any atom is -0.376 e. The number of aryl methyl sites for hydroxylation is 1. The first-order chi connectivity index (χ1) is 9.39. The van der Waals surface area contributed by atoms with Gasteiger partial charge in [-0.05, 0) is 50.8 Å². The Kier molecular flexibility index (Phi) is 4.43. The van der Waals surface area contributed by atoms with Crippen molar-refractivity contribution in [1.29, 1.82) is 0 Å². The zero-order valence-electron chi connectivity index (χ0n) is 12.8. The first-order valence-electron chi connectivity index (χ1n) is 7.17. The van der Waals surface area contributed by atoms with E-state index in [0.717, 1.165) is 24.0 Å². The summed E-state index contributed by atoms with van der Waals surface area (Å²) < 4.78 is 5.68. The number of hydrogen-bond donors (Lipinski definition) is 0. The van der Waals surface area contributed by atoms with Crippen LogP contribution in [-0.2, 0) is 16.1 Å². The van der Waals surface area contributed by atoms with Gasteiger partial charge in [0, 0.05) is 38.5 Å². The van der Waals surface area contributed by atoms with E-state index in [-0.39, 0.29) is 17.4 Å². The van der Waals surface area contributed by atoms with Crippen LogP contribution in [0.15, 0.2) is 18.5 Å². The molecular weight excluding hydrogens is 252 g/mol. The molecule has 0 N–H and O–H groups in total. The zero-order valence-corrected chi connectivity index (χ0v) is 12.8. The van der Waals surface area contributed by atoms with Gasteiger partial charge in [0.2, 0.25) is 5.91 Å². The Morgan fingerprint density at radius 3 is 2.95 bits per heavy atom. The molecule has 0 radical (unpaired) electrons. The lowest BCUT2D eigenvalue weighted by Crippen LogP contribution is -2.42. The van der Waals surface area contributed by atoms with E-state index in [9.17, 15) is 4.79 Å². The van der Waals surface area contributed by atoms with Gasteiger partial charge in [-0.15, -0.1) is 0 Å². The zero-order chi connectivity index (χ0) is 14.8. The maximum absolute atomic E-state index is 12.6. The molecule has 4 nitrogen and oxygen atoms in total. The fourth-order valence-corrected chi connectivity index (χ4v) is 2.77. The fraction of sp³-hybridized carbons (Fsp3) is 0.625. The average Bonchev–Trinajstić information content (AvgIpc) is 2.39. The molecule has 2 rings (SSSR count). The molecule has 110 valence electrons. The van der Waals surface area contributed by atoms with Gasteiger partial charge in [-0.3, -0.25) is 9.78 Å². The molecule has 0 bridgehead atoms. The minimum absolute atomic E-state index is 0.0749. The van der Waals surface area contributed by atoms with Crippen molar-refractivity contribution in [1.82, 2.24) is 9.88 Å². The van der Waals surface area contributed by atoms with Gasteiger partial charge in [0.25, 0.3) is 0 Å². The van der Waals surface area contributed by atoms with Crippen LogP contribution in [-0.4, -0.2) is 35.0 Å². The number of rotatable bonds is 3. The van der Waals surface area contributed by atoms with Crippen molar-refractivity contribution in [2.75, 3.05) is 13.7 Å². The number of pyridine rings is 1. The third-order valence-corrected chi connectivity index (χ3v) is 3.97. The Balaban J connectivity index is 2.00. The Labute approximate surface area is 121 Å².